The fraction of sp³-hybridized carbons (Fsp3) is 0.290. The molecule has 0 radical (unpaired) electrons. The predicted octanol–water partition coefficient (Wildman–Crippen LogP) is 6.81. The second kappa shape index (κ2) is 9.87. The fourth-order valence-electron chi connectivity index (χ4n) is 5.29. The highest BCUT2D eigenvalue weighted by Crippen LogP contribution is 2.32. The van der Waals surface area contributed by atoms with Crippen molar-refractivity contribution < 1.29 is 9.15 Å². The molecule has 188 valence electrons. The Bertz CT molecular complexity index is 1570. The minimum absolute atomic E-state index is 0.483. The normalized spacial score (nSPS) is 12.7. The number of nitrogens with one attached hydrogen (secondary N) is 1. The van der Waals surface area contributed by atoms with E-state index >= 15 is 0 Å². The molecular weight excluding hydrogens is 460 g/mol. The van der Waals surface area contributed by atoms with Gasteiger partial charge >= 0.3 is 0 Å². The molecule has 1 aliphatic rings. The summed E-state index contributed by atoms with van der Waals surface area (Å²) in [6.07, 6.45) is 4.53. The molecule has 0 aliphatic carbocycles. The molecule has 0 atom stereocenters. The summed E-state index contributed by atoms with van der Waals surface area (Å²) in [5, 5.41) is 3.67. The van der Waals surface area contributed by atoms with Crippen LogP contribution < -0.4 is 5.32 Å². The fourth-order valence-corrected chi connectivity index (χ4v) is 5.29. The molecule has 1 aliphatic heterocycles. The summed E-state index contributed by atoms with van der Waals surface area (Å²) in [7, 11) is 0. The first kappa shape index (κ1) is 23.5. The molecule has 0 saturated heterocycles. The number of hydrogen-bond acceptors (Lipinski definition) is 5. The van der Waals surface area contributed by atoms with Gasteiger partial charge in [0.15, 0.2) is 5.65 Å². The Labute approximate surface area is 217 Å². The highest BCUT2D eigenvalue weighted by Gasteiger charge is 2.17. The SMILES string of the molecule is CCc1nc2c(C)cc(C)nc2n1Cc1ccc2c(c1)CCc1cc(COCc3ccco3)ccc1N2. The van der Waals surface area contributed by atoms with Crippen LogP contribution in [-0.4, -0.2) is 14.5 Å². The molecule has 4 heterocycles. The first-order valence-corrected chi connectivity index (χ1v) is 13.0. The molecule has 0 spiro atoms. The Balaban J connectivity index is 1.21. The number of hydrogen-bond donors (Lipinski definition) is 1. The lowest BCUT2D eigenvalue weighted by Crippen LogP contribution is -2.06. The van der Waals surface area contributed by atoms with E-state index in [2.05, 4.69) is 73.1 Å². The van der Waals surface area contributed by atoms with Crippen LogP contribution in [0.5, 0.6) is 0 Å². The first-order chi connectivity index (χ1) is 18.1. The van der Waals surface area contributed by atoms with Gasteiger partial charge in [0.25, 0.3) is 0 Å². The van der Waals surface area contributed by atoms with Crippen molar-refractivity contribution in [2.24, 2.45) is 0 Å². The van der Waals surface area contributed by atoms with E-state index in [4.69, 9.17) is 19.1 Å². The Morgan fingerprint density at radius 2 is 1.68 bits per heavy atom. The van der Waals surface area contributed by atoms with Crippen LogP contribution in [0.2, 0.25) is 0 Å². The van der Waals surface area contributed by atoms with Crippen molar-refractivity contribution in [3.63, 3.8) is 0 Å². The Hall–Kier alpha value is -3.90. The zero-order valence-corrected chi connectivity index (χ0v) is 21.7. The second-order valence-corrected chi connectivity index (χ2v) is 9.90. The summed E-state index contributed by atoms with van der Waals surface area (Å²) >= 11 is 0. The van der Waals surface area contributed by atoms with E-state index in [1.165, 1.54) is 39.2 Å². The third kappa shape index (κ3) is 4.77. The molecule has 1 N–H and O–H groups in total. The van der Waals surface area contributed by atoms with Gasteiger partial charge in [-0.25, -0.2) is 9.97 Å². The van der Waals surface area contributed by atoms with Gasteiger partial charge in [-0.3, -0.25) is 0 Å². The van der Waals surface area contributed by atoms with Gasteiger partial charge in [0, 0.05) is 23.5 Å². The number of benzene rings is 2. The van der Waals surface area contributed by atoms with Crippen LogP contribution in [0.3, 0.4) is 0 Å². The summed E-state index contributed by atoms with van der Waals surface area (Å²) in [5.74, 6) is 1.93. The number of aryl methyl sites for hydroxylation is 5. The van der Waals surface area contributed by atoms with Crippen molar-refractivity contribution in [3.05, 3.63) is 106 Å². The smallest absolute Gasteiger partial charge is 0.160 e. The van der Waals surface area contributed by atoms with Gasteiger partial charge < -0.3 is 19.0 Å². The molecule has 2 aromatic carbocycles. The highest BCUT2D eigenvalue weighted by atomic mass is 16.5. The molecule has 0 saturated carbocycles. The minimum atomic E-state index is 0.483. The maximum Gasteiger partial charge on any atom is 0.160 e. The minimum Gasteiger partial charge on any atom is -0.467 e. The Kier molecular flexibility index (Phi) is 6.26. The number of nitrogens with zero attached hydrogens (tertiary/aromatic N) is 3. The van der Waals surface area contributed by atoms with E-state index in [1.807, 2.05) is 12.1 Å². The standard InChI is InChI=1S/C31H32N4O2/c1-4-29-34-30-20(2)14-21(3)32-31(30)35(29)17-22-7-11-27-24(15-22)9-10-25-16-23(8-12-28(25)33-27)18-36-19-26-6-5-13-37-26/h5-8,11-16,33H,4,9-10,17-19H2,1-3H3. The van der Waals surface area contributed by atoms with Gasteiger partial charge in [-0.1, -0.05) is 31.2 Å². The number of fused-ring (bicyclic) bond motifs is 3. The zero-order chi connectivity index (χ0) is 25.4. The van der Waals surface area contributed by atoms with Crippen LogP contribution >= 0.6 is 0 Å². The lowest BCUT2D eigenvalue weighted by Gasteiger charge is -2.13. The maximum absolute atomic E-state index is 5.85. The van der Waals surface area contributed by atoms with Crippen molar-refractivity contribution in [3.8, 4) is 0 Å². The van der Waals surface area contributed by atoms with Crippen molar-refractivity contribution in [1.82, 2.24) is 14.5 Å². The van der Waals surface area contributed by atoms with Crippen molar-refractivity contribution >= 4 is 22.5 Å². The van der Waals surface area contributed by atoms with Gasteiger partial charge in [-0.2, -0.15) is 0 Å². The number of imidazole rings is 1. The lowest BCUT2D eigenvalue weighted by molar-refractivity contribution is 0.0929. The van der Waals surface area contributed by atoms with E-state index in [9.17, 15) is 0 Å². The Morgan fingerprint density at radius 1 is 0.919 bits per heavy atom. The zero-order valence-electron chi connectivity index (χ0n) is 21.7. The van der Waals surface area contributed by atoms with Crippen molar-refractivity contribution in [2.75, 3.05) is 5.32 Å². The average molecular weight is 493 g/mol. The summed E-state index contributed by atoms with van der Waals surface area (Å²) in [6.45, 7) is 8.16. The number of pyridine rings is 1. The average Bonchev–Trinajstić information content (AvgIpc) is 3.48. The molecular formula is C31H32N4O2. The molecule has 6 rings (SSSR count). The van der Waals surface area contributed by atoms with Gasteiger partial charge in [-0.05, 0) is 84.8 Å². The van der Waals surface area contributed by atoms with E-state index in [-0.39, 0.29) is 0 Å². The van der Waals surface area contributed by atoms with Gasteiger partial charge in [0.2, 0.25) is 0 Å². The Morgan fingerprint density at radius 3 is 2.41 bits per heavy atom. The summed E-state index contributed by atoms with van der Waals surface area (Å²) in [4.78, 5) is 9.76. The van der Waals surface area contributed by atoms with Crippen molar-refractivity contribution in [2.45, 2.75) is 59.8 Å². The molecule has 5 aromatic rings. The van der Waals surface area contributed by atoms with Gasteiger partial charge in [0.1, 0.15) is 23.7 Å². The summed E-state index contributed by atoms with van der Waals surface area (Å²) < 4.78 is 13.5. The van der Waals surface area contributed by atoms with Crippen LogP contribution in [-0.2, 0) is 43.8 Å². The molecule has 6 nitrogen and oxygen atoms in total. The monoisotopic (exact) mass is 492 g/mol. The van der Waals surface area contributed by atoms with Crippen LogP contribution in [0, 0.1) is 13.8 Å². The molecule has 0 bridgehead atoms. The van der Waals surface area contributed by atoms with Crippen molar-refractivity contribution in [1.29, 1.82) is 0 Å². The summed E-state index contributed by atoms with van der Waals surface area (Å²) in [6, 6.07) is 19.3. The van der Waals surface area contributed by atoms with E-state index in [0.717, 1.165) is 54.2 Å². The summed E-state index contributed by atoms with van der Waals surface area (Å²) in [5.41, 5.74) is 11.7. The molecule has 0 amide bonds. The molecule has 37 heavy (non-hydrogen) atoms. The van der Waals surface area contributed by atoms with Crippen LogP contribution in [0.1, 0.15) is 52.0 Å². The number of furan rings is 1. The van der Waals surface area contributed by atoms with E-state index in [0.29, 0.717) is 13.2 Å². The number of anilines is 2. The number of rotatable bonds is 7. The van der Waals surface area contributed by atoms with Gasteiger partial charge in [-0.15, -0.1) is 0 Å². The van der Waals surface area contributed by atoms with E-state index < -0.39 is 0 Å². The third-order valence-electron chi connectivity index (χ3n) is 7.12. The number of ether oxygens (including phenoxy) is 1. The van der Waals surface area contributed by atoms with Crippen LogP contribution in [0.15, 0.2) is 65.3 Å². The number of aromatic nitrogens is 3. The largest absolute Gasteiger partial charge is 0.467 e. The third-order valence-corrected chi connectivity index (χ3v) is 7.12. The molecule has 3 aromatic heterocycles. The topological polar surface area (TPSA) is 65.1 Å². The molecule has 0 fully saturated rings. The first-order valence-electron chi connectivity index (χ1n) is 13.0. The quantitative estimate of drug-likeness (QED) is 0.270. The molecule has 0 unspecified atom stereocenters. The van der Waals surface area contributed by atoms with Crippen LogP contribution in [0.25, 0.3) is 11.2 Å². The maximum atomic E-state index is 5.85. The lowest BCUT2D eigenvalue weighted by atomic mass is 10.0. The van der Waals surface area contributed by atoms with Crippen LogP contribution in [0.4, 0.5) is 11.4 Å². The van der Waals surface area contributed by atoms with E-state index in [1.54, 1.807) is 6.26 Å². The predicted molar refractivity (Wildman–Crippen MR) is 146 cm³/mol. The highest BCUT2D eigenvalue weighted by molar-refractivity contribution is 5.76. The second-order valence-electron chi connectivity index (χ2n) is 9.90. The van der Waals surface area contributed by atoms with Gasteiger partial charge in [0.05, 0.1) is 19.4 Å². The molecule has 6 heteroatoms.